The maximum atomic E-state index is 13.1. The number of thiophene rings is 2. The molecule has 2 aromatic heterocycles. The van der Waals surface area contributed by atoms with E-state index < -0.39 is 10.0 Å². The molecule has 0 bridgehead atoms. The van der Waals surface area contributed by atoms with Gasteiger partial charge >= 0.3 is 0 Å². The standard InChI is InChI=1S/C17H26N2O2S3/c1-4-15-9-10-17(23-15)24(20,21)19(12-11-18(5-2)6-3)14-16-8-7-13-22-16/h7-10,13H,4-6,11-12,14H2,1-3H3. The molecule has 24 heavy (non-hydrogen) atoms. The van der Waals surface area contributed by atoms with Crippen LogP contribution in [0.25, 0.3) is 0 Å². The second-order valence-electron chi connectivity index (χ2n) is 5.52. The minimum Gasteiger partial charge on any atom is -0.303 e. The van der Waals surface area contributed by atoms with E-state index in [2.05, 4.69) is 18.7 Å². The Morgan fingerprint density at radius 1 is 1.00 bits per heavy atom. The molecule has 0 saturated carbocycles. The highest BCUT2D eigenvalue weighted by Crippen LogP contribution is 2.27. The molecule has 0 radical (unpaired) electrons. The van der Waals surface area contributed by atoms with Crippen LogP contribution in [0.15, 0.2) is 33.9 Å². The van der Waals surface area contributed by atoms with Gasteiger partial charge in [0.05, 0.1) is 0 Å². The maximum Gasteiger partial charge on any atom is 0.252 e. The molecule has 0 amide bonds. The fraction of sp³-hybridized carbons (Fsp3) is 0.529. The molecule has 0 N–H and O–H groups in total. The first-order valence-corrected chi connectivity index (χ1v) is 11.5. The number of aryl methyl sites for hydroxylation is 1. The molecular formula is C17H26N2O2S3. The summed E-state index contributed by atoms with van der Waals surface area (Å²) >= 11 is 2.99. The molecule has 134 valence electrons. The molecule has 4 nitrogen and oxygen atoms in total. The summed E-state index contributed by atoms with van der Waals surface area (Å²) in [5.74, 6) is 0. The summed E-state index contributed by atoms with van der Waals surface area (Å²) in [6.45, 7) is 9.84. The van der Waals surface area contributed by atoms with E-state index in [0.29, 0.717) is 17.3 Å². The number of nitrogens with zero attached hydrogens (tertiary/aromatic N) is 2. The molecule has 2 rings (SSSR count). The fourth-order valence-corrected chi connectivity index (χ4v) is 6.13. The van der Waals surface area contributed by atoms with Crippen LogP contribution in [-0.4, -0.2) is 43.8 Å². The normalized spacial score (nSPS) is 12.4. The zero-order valence-electron chi connectivity index (χ0n) is 14.6. The summed E-state index contributed by atoms with van der Waals surface area (Å²) in [5.41, 5.74) is 0. The first-order chi connectivity index (χ1) is 11.5. The van der Waals surface area contributed by atoms with Crippen molar-refractivity contribution in [1.29, 1.82) is 0 Å². The quantitative estimate of drug-likeness (QED) is 0.622. The van der Waals surface area contributed by atoms with E-state index in [-0.39, 0.29) is 0 Å². The summed E-state index contributed by atoms with van der Waals surface area (Å²) in [6.07, 6.45) is 0.866. The second kappa shape index (κ2) is 9.10. The summed E-state index contributed by atoms with van der Waals surface area (Å²) in [4.78, 5) is 4.43. The van der Waals surface area contributed by atoms with Crippen LogP contribution in [0.1, 0.15) is 30.5 Å². The third-order valence-electron chi connectivity index (χ3n) is 4.05. The number of hydrogen-bond acceptors (Lipinski definition) is 5. The minimum atomic E-state index is -3.45. The zero-order valence-corrected chi connectivity index (χ0v) is 17.0. The zero-order chi connectivity index (χ0) is 17.6. The lowest BCUT2D eigenvalue weighted by atomic mass is 10.4. The largest absolute Gasteiger partial charge is 0.303 e. The summed E-state index contributed by atoms with van der Waals surface area (Å²) in [7, 11) is -3.45. The van der Waals surface area contributed by atoms with Crippen LogP contribution in [0, 0.1) is 0 Å². The third kappa shape index (κ3) is 4.89. The summed E-state index contributed by atoms with van der Waals surface area (Å²) < 4.78 is 28.3. The Morgan fingerprint density at radius 2 is 1.75 bits per heavy atom. The van der Waals surface area contributed by atoms with Gasteiger partial charge in [0.1, 0.15) is 4.21 Å². The first-order valence-electron chi connectivity index (χ1n) is 8.34. The van der Waals surface area contributed by atoms with E-state index in [4.69, 9.17) is 0 Å². The number of hydrogen-bond donors (Lipinski definition) is 0. The lowest BCUT2D eigenvalue weighted by Crippen LogP contribution is -2.38. The Labute approximate surface area is 153 Å². The molecule has 0 atom stereocenters. The highest BCUT2D eigenvalue weighted by atomic mass is 32.2. The van der Waals surface area contributed by atoms with Crippen molar-refractivity contribution in [1.82, 2.24) is 9.21 Å². The number of rotatable bonds is 10. The van der Waals surface area contributed by atoms with E-state index in [1.807, 2.05) is 30.5 Å². The molecule has 0 saturated heterocycles. The van der Waals surface area contributed by atoms with Crippen molar-refractivity contribution in [2.75, 3.05) is 26.2 Å². The minimum absolute atomic E-state index is 0.445. The second-order valence-corrected chi connectivity index (χ2v) is 9.88. The Hall–Kier alpha value is -0.730. The van der Waals surface area contributed by atoms with Gasteiger partial charge in [0.15, 0.2) is 0 Å². The predicted octanol–water partition coefficient (Wildman–Crippen LogP) is 3.90. The van der Waals surface area contributed by atoms with Gasteiger partial charge in [-0.1, -0.05) is 26.8 Å². The number of likely N-dealkylation sites (N-methyl/N-ethyl adjacent to an activating group) is 1. The highest BCUT2D eigenvalue weighted by Gasteiger charge is 2.26. The Kier molecular flexibility index (Phi) is 7.43. The van der Waals surface area contributed by atoms with Crippen molar-refractivity contribution in [3.8, 4) is 0 Å². The molecule has 7 heteroatoms. The molecular weight excluding hydrogens is 360 g/mol. The highest BCUT2D eigenvalue weighted by molar-refractivity contribution is 7.91. The molecule has 2 heterocycles. The van der Waals surface area contributed by atoms with Crippen LogP contribution in [-0.2, 0) is 23.0 Å². The van der Waals surface area contributed by atoms with Gasteiger partial charge in [0, 0.05) is 29.4 Å². The smallest absolute Gasteiger partial charge is 0.252 e. The molecule has 2 aromatic rings. The van der Waals surface area contributed by atoms with E-state index in [1.54, 1.807) is 21.7 Å². The fourth-order valence-electron chi connectivity index (χ4n) is 2.47. The maximum absolute atomic E-state index is 13.1. The van der Waals surface area contributed by atoms with E-state index >= 15 is 0 Å². The Bertz CT molecular complexity index is 704. The van der Waals surface area contributed by atoms with Crippen LogP contribution in [0.2, 0.25) is 0 Å². The topological polar surface area (TPSA) is 40.6 Å². The molecule has 0 aliphatic rings. The van der Waals surface area contributed by atoms with E-state index in [1.165, 1.54) is 11.3 Å². The van der Waals surface area contributed by atoms with Crippen LogP contribution < -0.4 is 0 Å². The van der Waals surface area contributed by atoms with E-state index in [9.17, 15) is 8.42 Å². The SMILES string of the molecule is CCc1ccc(S(=O)(=O)N(CCN(CC)CC)Cc2cccs2)s1. The number of sulfonamides is 1. The van der Waals surface area contributed by atoms with Gasteiger partial charge in [-0.05, 0) is 43.1 Å². The van der Waals surface area contributed by atoms with Crippen LogP contribution >= 0.6 is 22.7 Å². The molecule has 0 unspecified atom stereocenters. The monoisotopic (exact) mass is 386 g/mol. The van der Waals surface area contributed by atoms with Crippen LogP contribution in [0.5, 0.6) is 0 Å². The predicted molar refractivity (Wildman–Crippen MR) is 103 cm³/mol. The molecule has 0 spiro atoms. The third-order valence-corrected chi connectivity index (χ3v) is 8.46. The van der Waals surface area contributed by atoms with E-state index in [0.717, 1.165) is 35.8 Å². The summed E-state index contributed by atoms with van der Waals surface area (Å²) in [5, 5.41) is 1.99. The van der Waals surface area contributed by atoms with Crippen molar-refractivity contribution in [3.63, 3.8) is 0 Å². The van der Waals surface area contributed by atoms with Crippen molar-refractivity contribution in [2.45, 2.75) is 37.9 Å². The Morgan fingerprint density at radius 3 is 2.29 bits per heavy atom. The molecule has 0 fully saturated rings. The summed E-state index contributed by atoms with van der Waals surface area (Å²) in [6, 6.07) is 7.63. The average Bonchev–Trinajstić information content (AvgIpc) is 3.26. The van der Waals surface area contributed by atoms with Gasteiger partial charge in [0.2, 0.25) is 0 Å². The van der Waals surface area contributed by atoms with Gasteiger partial charge in [-0.25, -0.2) is 8.42 Å². The van der Waals surface area contributed by atoms with Crippen molar-refractivity contribution in [2.24, 2.45) is 0 Å². The van der Waals surface area contributed by atoms with Crippen molar-refractivity contribution >= 4 is 32.7 Å². The molecule has 0 aliphatic heterocycles. The van der Waals surface area contributed by atoms with Gasteiger partial charge in [-0.15, -0.1) is 22.7 Å². The van der Waals surface area contributed by atoms with Gasteiger partial charge in [-0.2, -0.15) is 4.31 Å². The van der Waals surface area contributed by atoms with Crippen LogP contribution in [0.3, 0.4) is 0 Å². The van der Waals surface area contributed by atoms with Crippen LogP contribution in [0.4, 0.5) is 0 Å². The Balaban J connectivity index is 2.22. The van der Waals surface area contributed by atoms with Gasteiger partial charge < -0.3 is 4.90 Å². The lowest BCUT2D eigenvalue weighted by molar-refractivity contribution is 0.269. The van der Waals surface area contributed by atoms with Crippen molar-refractivity contribution in [3.05, 3.63) is 39.4 Å². The van der Waals surface area contributed by atoms with Gasteiger partial charge in [0.25, 0.3) is 10.0 Å². The average molecular weight is 387 g/mol. The lowest BCUT2D eigenvalue weighted by Gasteiger charge is -2.25. The molecule has 0 aromatic carbocycles. The first kappa shape index (κ1) is 19.6. The van der Waals surface area contributed by atoms with Crippen molar-refractivity contribution < 1.29 is 8.42 Å². The van der Waals surface area contributed by atoms with Gasteiger partial charge in [-0.3, -0.25) is 0 Å². The molecule has 0 aliphatic carbocycles.